The van der Waals surface area contributed by atoms with Crippen LogP contribution in [0.3, 0.4) is 0 Å². The first-order valence-corrected chi connectivity index (χ1v) is 7.55. The lowest BCUT2D eigenvalue weighted by Crippen LogP contribution is -2.43. The molecule has 0 bridgehead atoms. The number of carbonyl (C=O) groups excluding carboxylic acids is 1. The van der Waals surface area contributed by atoms with Gasteiger partial charge in [-0.25, -0.2) is 4.98 Å². The van der Waals surface area contributed by atoms with E-state index in [1.807, 2.05) is 26.1 Å². The van der Waals surface area contributed by atoms with Gasteiger partial charge in [-0.15, -0.1) is 0 Å². The average Bonchev–Trinajstić information content (AvgIpc) is 2.95. The molecule has 0 spiro atoms. The lowest BCUT2D eigenvalue weighted by molar-refractivity contribution is 0.0734. The van der Waals surface area contributed by atoms with Gasteiger partial charge in [0.2, 0.25) is 0 Å². The van der Waals surface area contributed by atoms with E-state index in [2.05, 4.69) is 10.3 Å². The van der Waals surface area contributed by atoms with Crippen molar-refractivity contribution in [1.82, 2.24) is 19.6 Å². The third kappa shape index (κ3) is 2.50. The van der Waals surface area contributed by atoms with Crippen molar-refractivity contribution in [2.24, 2.45) is 0 Å². The van der Waals surface area contributed by atoms with Crippen LogP contribution in [-0.2, 0) is 0 Å². The number of nitrogens with zero attached hydrogens (tertiary/aromatic N) is 3. The predicted molar refractivity (Wildman–Crippen MR) is 84.2 cm³/mol. The molecule has 6 heteroatoms. The number of carbonyl (C=O) groups is 1. The van der Waals surface area contributed by atoms with Crippen molar-refractivity contribution in [3.63, 3.8) is 0 Å². The van der Waals surface area contributed by atoms with E-state index in [4.69, 9.17) is 0 Å². The lowest BCUT2D eigenvalue weighted by Gasteiger charge is -2.24. The van der Waals surface area contributed by atoms with Crippen molar-refractivity contribution >= 4 is 11.6 Å². The molecule has 1 fully saturated rings. The smallest absolute Gasteiger partial charge is 0.270 e. The highest BCUT2D eigenvalue weighted by Gasteiger charge is 2.30. The van der Waals surface area contributed by atoms with Crippen molar-refractivity contribution < 1.29 is 4.79 Å². The Labute approximate surface area is 128 Å². The first kappa shape index (κ1) is 14.7. The second-order valence-corrected chi connectivity index (χ2v) is 5.76. The van der Waals surface area contributed by atoms with Crippen LogP contribution in [0.2, 0.25) is 0 Å². The van der Waals surface area contributed by atoms with Gasteiger partial charge in [-0.2, -0.15) is 0 Å². The van der Waals surface area contributed by atoms with Crippen LogP contribution in [-0.4, -0.2) is 46.4 Å². The van der Waals surface area contributed by atoms with Gasteiger partial charge in [-0.05, 0) is 44.5 Å². The fourth-order valence-corrected chi connectivity index (χ4v) is 3.03. The zero-order valence-electron chi connectivity index (χ0n) is 12.9. The molecule has 116 valence electrons. The summed E-state index contributed by atoms with van der Waals surface area (Å²) in [5, 5.41) is 3.10. The molecule has 1 atom stereocenters. The Morgan fingerprint density at radius 1 is 1.50 bits per heavy atom. The van der Waals surface area contributed by atoms with Crippen molar-refractivity contribution in [1.29, 1.82) is 0 Å². The maximum Gasteiger partial charge on any atom is 0.270 e. The summed E-state index contributed by atoms with van der Waals surface area (Å²) in [6.07, 6.45) is 5.02. The minimum atomic E-state index is -0.301. The molecule has 1 aliphatic rings. The van der Waals surface area contributed by atoms with Crippen LogP contribution < -0.4 is 10.9 Å². The highest BCUT2D eigenvalue weighted by Crippen LogP contribution is 2.18. The molecule has 1 saturated heterocycles. The first-order valence-electron chi connectivity index (χ1n) is 7.55. The number of amides is 1. The molecule has 2 aromatic rings. The van der Waals surface area contributed by atoms with Crippen LogP contribution in [0.15, 0.2) is 29.3 Å². The summed E-state index contributed by atoms with van der Waals surface area (Å²) in [6.45, 7) is 3.38. The van der Waals surface area contributed by atoms with Crippen LogP contribution in [0.5, 0.6) is 0 Å². The Hall–Kier alpha value is -2.21. The second-order valence-electron chi connectivity index (χ2n) is 5.76. The van der Waals surface area contributed by atoms with Gasteiger partial charge in [0.05, 0.1) is 0 Å². The molecule has 0 aliphatic carbocycles. The molecule has 6 nitrogen and oxygen atoms in total. The number of fused-ring (bicyclic) bond motifs is 1. The van der Waals surface area contributed by atoms with Crippen LogP contribution in [0.4, 0.5) is 0 Å². The predicted octanol–water partition coefficient (Wildman–Crippen LogP) is 0.827. The third-order valence-corrected chi connectivity index (χ3v) is 4.17. The zero-order chi connectivity index (χ0) is 15.7. The van der Waals surface area contributed by atoms with Gasteiger partial charge in [0.15, 0.2) is 0 Å². The molecule has 3 rings (SSSR count). The largest absolute Gasteiger partial charge is 0.334 e. The number of pyridine rings is 1. The van der Waals surface area contributed by atoms with E-state index in [1.54, 1.807) is 11.1 Å². The van der Waals surface area contributed by atoms with Gasteiger partial charge in [-0.3, -0.25) is 14.0 Å². The van der Waals surface area contributed by atoms with E-state index in [1.165, 1.54) is 10.6 Å². The summed E-state index contributed by atoms with van der Waals surface area (Å²) in [6, 6.07) is 3.81. The van der Waals surface area contributed by atoms with Crippen molar-refractivity contribution in [3.05, 3.63) is 46.0 Å². The number of hydrogen-bond donors (Lipinski definition) is 1. The molecule has 1 unspecified atom stereocenters. The molecule has 0 radical (unpaired) electrons. The summed E-state index contributed by atoms with van der Waals surface area (Å²) in [4.78, 5) is 31.3. The Balaban J connectivity index is 1.99. The van der Waals surface area contributed by atoms with Crippen molar-refractivity contribution in [3.8, 4) is 0 Å². The third-order valence-electron chi connectivity index (χ3n) is 4.17. The number of aromatic nitrogens is 2. The number of rotatable bonds is 3. The Morgan fingerprint density at radius 3 is 3.09 bits per heavy atom. The minimum Gasteiger partial charge on any atom is -0.334 e. The van der Waals surface area contributed by atoms with E-state index >= 15 is 0 Å². The average molecular weight is 300 g/mol. The Bertz CT molecular complexity index is 768. The second kappa shape index (κ2) is 5.88. The minimum absolute atomic E-state index is 0.143. The van der Waals surface area contributed by atoms with Crippen LogP contribution in [0.1, 0.15) is 28.8 Å². The van der Waals surface area contributed by atoms with Gasteiger partial charge in [0.1, 0.15) is 11.2 Å². The van der Waals surface area contributed by atoms with E-state index in [0.29, 0.717) is 12.2 Å². The molecule has 3 heterocycles. The fraction of sp³-hybridized carbons (Fsp3) is 0.438. The Morgan fingerprint density at radius 2 is 2.32 bits per heavy atom. The summed E-state index contributed by atoms with van der Waals surface area (Å²) < 4.78 is 1.43. The highest BCUT2D eigenvalue weighted by molar-refractivity contribution is 5.94. The van der Waals surface area contributed by atoms with Gasteiger partial charge in [0, 0.05) is 31.5 Å². The number of likely N-dealkylation sites (N-methyl/N-ethyl adjacent to an activating group) is 1. The number of nitrogens with one attached hydrogen (secondary N) is 1. The topological polar surface area (TPSA) is 66.7 Å². The van der Waals surface area contributed by atoms with Gasteiger partial charge < -0.3 is 10.2 Å². The molecular formula is C16H20N4O2. The normalized spacial score (nSPS) is 18.1. The number of likely N-dealkylation sites (tertiary alicyclic amines) is 1. The van der Waals surface area contributed by atoms with Crippen LogP contribution >= 0.6 is 0 Å². The molecular weight excluding hydrogens is 280 g/mol. The van der Waals surface area contributed by atoms with Gasteiger partial charge in [-0.1, -0.05) is 0 Å². The van der Waals surface area contributed by atoms with Gasteiger partial charge in [0.25, 0.3) is 11.5 Å². The van der Waals surface area contributed by atoms with E-state index < -0.39 is 0 Å². The fourth-order valence-electron chi connectivity index (χ4n) is 3.03. The monoisotopic (exact) mass is 300 g/mol. The van der Waals surface area contributed by atoms with Crippen LogP contribution in [0.25, 0.3) is 5.65 Å². The van der Waals surface area contributed by atoms with E-state index in [-0.39, 0.29) is 23.1 Å². The summed E-state index contributed by atoms with van der Waals surface area (Å²) >= 11 is 0. The molecule has 0 saturated carbocycles. The molecule has 2 aromatic heterocycles. The van der Waals surface area contributed by atoms with E-state index in [9.17, 15) is 9.59 Å². The maximum atomic E-state index is 12.7. The van der Waals surface area contributed by atoms with Crippen molar-refractivity contribution in [2.75, 3.05) is 20.1 Å². The zero-order valence-corrected chi connectivity index (χ0v) is 12.9. The molecule has 22 heavy (non-hydrogen) atoms. The summed E-state index contributed by atoms with van der Waals surface area (Å²) in [7, 11) is 1.87. The van der Waals surface area contributed by atoms with Gasteiger partial charge >= 0.3 is 0 Å². The quantitative estimate of drug-likeness (QED) is 0.911. The molecule has 0 aromatic carbocycles. The highest BCUT2D eigenvalue weighted by atomic mass is 16.2. The van der Waals surface area contributed by atoms with E-state index in [0.717, 1.165) is 24.9 Å². The van der Waals surface area contributed by atoms with Crippen LogP contribution in [0, 0.1) is 6.92 Å². The SMILES string of the molecule is CNCC1CCCN1C(=O)c1cnc2cc(C)ccn2c1=O. The summed E-state index contributed by atoms with van der Waals surface area (Å²) in [5.74, 6) is -0.217. The molecule has 1 aliphatic heterocycles. The first-order chi connectivity index (χ1) is 10.6. The standard InChI is InChI=1S/C16H20N4O2/c1-11-5-7-20-14(8-11)18-10-13(16(20)22)15(21)19-6-3-4-12(19)9-17-2/h5,7-8,10,12,17H,3-4,6,9H2,1-2H3. The maximum absolute atomic E-state index is 12.7. The number of aryl methyl sites for hydroxylation is 1. The van der Waals surface area contributed by atoms with Crippen molar-refractivity contribution in [2.45, 2.75) is 25.8 Å². The molecule has 1 N–H and O–H groups in total. The Kier molecular flexibility index (Phi) is 3.94. The lowest BCUT2D eigenvalue weighted by atomic mass is 10.2. The number of hydrogen-bond acceptors (Lipinski definition) is 4. The molecule has 1 amide bonds. The summed E-state index contributed by atoms with van der Waals surface area (Å²) in [5.41, 5.74) is 1.43.